The largest absolute Gasteiger partial charge is 0.494 e. The second kappa shape index (κ2) is 8.65. The van der Waals surface area contributed by atoms with Crippen LogP contribution in [-0.2, 0) is 6.54 Å². The van der Waals surface area contributed by atoms with Crippen molar-refractivity contribution in [1.82, 2.24) is 15.2 Å². The van der Waals surface area contributed by atoms with Gasteiger partial charge in [-0.2, -0.15) is 0 Å². The molecule has 1 saturated heterocycles. The number of amides is 2. The molecule has 3 aromatic rings. The molecule has 1 aliphatic rings. The number of benzene rings is 2. The highest BCUT2D eigenvalue weighted by molar-refractivity contribution is 7.22. The third kappa shape index (κ3) is 4.37. The second-order valence-corrected chi connectivity index (χ2v) is 8.50. The van der Waals surface area contributed by atoms with Gasteiger partial charge in [0.2, 0.25) is 0 Å². The third-order valence-electron chi connectivity index (χ3n) is 4.86. The molecule has 152 valence electrons. The minimum Gasteiger partial charge on any atom is -0.494 e. The molecule has 2 aromatic carbocycles. The number of hydrogen-bond donors (Lipinski definition) is 1. The number of ether oxygens (including phenoxy) is 1. The van der Waals surface area contributed by atoms with Crippen LogP contribution in [0.3, 0.4) is 0 Å². The van der Waals surface area contributed by atoms with Crippen molar-refractivity contribution in [2.75, 3.05) is 38.2 Å². The SMILES string of the molecule is COc1ccc(Cl)c2sc(N3CCN(C(=O)NCc4ccc(Cl)cc4)CC3)nc12. The normalized spacial score (nSPS) is 14.3. The van der Waals surface area contributed by atoms with Crippen molar-refractivity contribution in [2.45, 2.75) is 6.54 Å². The topological polar surface area (TPSA) is 57.7 Å². The number of hydrogen-bond acceptors (Lipinski definition) is 5. The predicted molar refractivity (Wildman–Crippen MR) is 119 cm³/mol. The molecule has 1 fully saturated rings. The van der Waals surface area contributed by atoms with E-state index < -0.39 is 0 Å². The van der Waals surface area contributed by atoms with Crippen molar-refractivity contribution in [3.05, 3.63) is 52.0 Å². The van der Waals surface area contributed by atoms with Gasteiger partial charge in [-0.1, -0.05) is 46.7 Å². The Bertz CT molecular complexity index is 1020. The molecule has 2 heterocycles. The van der Waals surface area contributed by atoms with Crippen molar-refractivity contribution in [3.63, 3.8) is 0 Å². The summed E-state index contributed by atoms with van der Waals surface area (Å²) in [7, 11) is 1.63. The first-order valence-corrected chi connectivity index (χ1v) is 10.8. The Morgan fingerprint density at radius 3 is 2.55 bits per heavy atom. The summed E-state index contributed by atoms with van der Waals surface area (Å²) in [6.07, 6.45) is 0. The minimum absolute atomic E-state index is 0.0615. The van der Waals surface area contributed by atoms with E-state index in [1.54, 1.807) is 18.4 Å². The summed E-state index contributed by atoms with van der Waals surface area (Å²) in [5.41, 5.74) is 1.80. The summed E-state index contributed by atoms with van der Waals surface area (Å²) in [5, 5.41) is 5.22. The van der Waals surface area contributed by atoms with E-state index in [4.69, 9.17) is 32.9 Å². The summed E-state index contributed by atoms with van der Waals surface area (Å²) >= 11 is 13.8. The van der Waals surface area contributed by atoms with Crippen LogP contribution in [-0.4, -0.2) is 49.2 Å². The molecule has 0 radical (unpaired) electrons. The molecular weight excluding hydrogens is 431 g/mol. The standard InChI is InChI=1S/C20H20Cl2N4O2S/c1-28-16-7-6-15(22)18-17(16)24-20(29-18)26-10-8-25(9-11-26)19(27)23-12-13-2-4-14(21)5-3-13/h2-7H,8-12H2,1H3,(H,23,27). The van der Waals surface area contributed by atoms with E-state index >= 15 is 0 Å². The van der Waals surface area contributed by atoms with Crippen LogP contribution >= 0.6 is 34.5 Å². The van der Waals surface area contributed by atoms with Gasteiger partial charge in [0.25, 0.3) is 0 Å². The van der Waals surface area contributed by atoms with E-state index in [1.807, 2.05) is 41.3 Å². The zero-order valence-electron chi connectivity index (χ0n) is 15.8. The van der Waals surface area contributed by atoms with E-state index in [1.165, 1.54) is 0 Å². The molecular formula is C20H20Cl2N4O2S. The molecule has 0 saturated carbocycles. The van der Waals surface area contributed by atoms with Crippen LogP contribution < -0.4 is 15.0 Å². The Balaban J connectivity index is 1.36. The number of halogens is 2. The number of piperazine rings is 1. The summed E-state index contributed by atoms with van der Waals surface area (Å²) < 4.78 is 6.32. The first-order chi connectivity index (χ1) is 14.0. The highest BCUT2D eigenvalue weighted by atomic mass is 35.5. The van der Waals surface area contributed by atoms with Crippen molar-refractivity contribution in [3.8, 4) is 5.75 Å². The Kier molecular flexibility index (Phi) is 5.99. The van der Waals surface area contributed by atoms with Crippen LogP contribution in [0.15, 0.2) is 36.4 Å². The fourth-order valence-electron chi connectivity index (χ4n) is 3.23. The third-order valence-corrected chi connectivity index (χ3v) is 6.69. The number of thiazole rings is 1. The number of urea groups is 1. The summed E-state index contributed by atoms with van der Waals surface area (Å²) in [4.78, 5) is 21.2. The van der Waals surface area contributed by atoms with Crippen LogP contribution in [0.1, 0.15) is 5.56 Å². The lowest BCUT2D eigenvalue weighted by molar-refractivity contribution is 0.194. The lowest BCUT2D eigenvalue weighted by atomic mass is 10.2. The van der Waals surface area contributed by atoms with Crippen LogP contribution in [0, 0.1) is 0 Å². The number of nitrogens with one attached hydrogen (secondary N) is 1. The van der Waals surface area contributed by atoms with Gasteiger partial charge in [-0.3, -0.25) is 0 Å². The number of methoxy groups -OCH3 is 1. The molecule has 1 N–H and O–H groups in total. The number of nitrogens with zero attached hydrogens (tertiary/aromatic N) is 3. The van der Waals surface area contributed by atoms with Gasteiger partial charge in [0, 0.05) is 37.7 Å². The van der Waals surface area contributed by atoms with Crippen molar-refractivity contribution >= 4 is 55.9 Å². The van der Waals surface area contributed by atoms with Gasteiger partial charge in [0.1, 0.15) is 11.3 Å². The van der Waals surface area contributed by atoms with E-state index in [2.05, 4.69) is 10.2 Å². The van der Waals surface area contributed by atoms with Gasteiger partial charge in [-0.05, 0) is 29.8 Å². The van der Waals surface area contributed by atoms with E-state index in [0.29, 0.717) is 48.5 Å². The van der Waals surface area contributed by atoms with E-state index in [0.717, 1.165) is 20.9 Å². The smallest absolute Gasteiger partial charge is 0.317 e. The highest BCUT2D eigenvalue weighted by Crippen LogP contribution is 2.38. The molecule has 0 unspecified atom stereocenters. The molecule has 1 aromatic heterocycles. The average Bonchev–Trinajstić information content (AvgIpc) is 3.20. The van der Waals surface area contributed by atoms with Gasteiger partial charge in [-0.15, -0.1) is 0 Å². The van der Waals surface area contributed by atoms with Gasteiger partial charge in [-0.25, -0.2) is 9.78 Å². The first kappa shape index (κ1) is 20.1. The summed E-state index contributed by atoms with van der Waals surface area (Å²) in [5.74, 6) is 0.715. The monoisotopic (exact) mass is 450 g/mol. The zero-order valence-corrected chi connectivity index (χ0v) is 18.2. The molecule has 29 heavy (non-hydrogen) atoms. The molecule has 4 rings (SSSR count). The quantitative estimate of drug-likeness (QED) is 0.628. The predicted octanol–water partition coefficient (Wildman–Crippen LogP) is 4.64. The number of carbonyl (C=O) groups excluding carboxylic acids is 1. The Labute approximate surface area is 183 Å². The number of rotatable bonds is 4. The summed E-state index contributed by atoms with van der Waals surface area (Å²) in [6.45, 7) is 3.18. The van der Waals surface area contributed by atoms with Gasteiger partial charge in [0.15, 0.2) is 5.13 Å². The van der Waals surface area contributed by atoms with Crippen LogP contribution in [0.25, 0.3) is 10.2 Å². The molecule has 0 atom stereocenters. The molecule has 0 bridgehead atoms. The van der Waals surface area contributed by atoms with E-state index in [-0.39, 0.29) is 6.03 Å². The Morgan fingerprint density at radius 1 is 1.14 bits per heavy atom. The maximum Gasteiger partial charge on any atom is 0.317 e. The van der Waals surface area contributed by atoms with Crippen molar-refractivity contribution in [2.24, 2.45) is 0 Å². The second-order valence-electron chi connectivity index (χ2n) is 6.68. The molecule has 9 heteroatoms. The van der Waals surface area contributed by atoms with Crippen LogP contribution in [0.2, 0.25) is 10.0 Å². The molecule has 0 aliphatic carbocycles. The van der Waals surface area contributed by atoms with Crippen molar-refractivity contribution in [1.29, 1.82) is 0 Å². The highest BCUT2D eigenvalue weighted by Gasteiger charge is 2.24. The van der Waals surface area contributed by atoms with Crippen LogP contribution in [0.5, 0.6) is 5.75 Å². The number of anilines is 1. The number of fused-ring (bicyclic) bond motifs is 1. The van der Waals surface area contributed by atoms with E-state index in [9.17, 15) is 4.79 Å². The minimum atomic E-state index is -0.0615. The van der Waals surface area contributed by atoms with Crippen molar-refractivity contribution < 1.29 is 9.53 Å². The number of aromatic nitrogens is 1. The van der Waals surface area contributed by atoms with Crippen LogP contribution in [0.4, 0.5) is 9.93 Å². The lowest BCUT2D eigenvalue weighted by Gasteiger charge is -2.34. The number of carbonyl (C=O) groups is 1. The average molecular weight is 451 g/mol. The maximum absolute atomic E-state index is 12.5. The Morgan fingerprint density at radius 2 is 1.86 bits per heavy atom. The van der Waals surface area contributed by atoms with Gasteiger partial charge in [0.05, 0.1) is 16.8 Å². The van der Waals surface area contributed by atoms with Gasteiger partial charge < -0.3 is 19.9 Å². The molecule has 2 amide bonds. The lowest BCUT2D eigenvalue weighted by Crippen LogP contribution is -2.51. The fourth-order valence-corrected chi connectivity index (χ4v) is 4.67. The molecule has 6 nitrogen and oxygen atoms in total. The Hall–Kier alpha value is -2.22. The fraction of sp³-hybridized carbons (Fsp3) is 0.300. The first-order valence-electron chi connectivity index (χ1n) is 9.20. The molecule has 0 spiro atoms. The molecule has 1 aliphatic heterocycles. The van der Waals surface area contributed by atoms with Gasteiger partial charge >= 0.3 is 6.03 Å². The maximum atomic E-state index is 12.5. The zero-order chi connectivity index (χ0) is 20.4. The summed E-state index contributed by atoms with van der Waals surface area (Å²) in [6, 6.07) is 11.1.